The van der Waals surface area contributed by atoms with Crippen LogP contribution in [-0.4, -0.2) is 54.0 Å². The van der Waals surface area contributed by atoms with Crippen LogP contribution < -0.4 is 10.1 Å². The quantitative estimate of drug-likeness (QED) is 0.538. The van der Waals surface area contributed by atoms with Crippen LogP contribution in [0.3, 0.4) is 0 Å². The predicted octanol–water partition coefficient (Wildman–Crippen LogP) is 5.35. The van der Waals surface area contributed by atoms with E-state index in [4.69, 9.17) is 9.47 Å². The Labute approximate surface area is 233 Å². The highest BCUT2D eigenvalue weighted by Crippen LogP contribution is 2.62. The first kappa shape index (κ1) is 26.4. The fraction of sp³-hybridized carbons (Fsp3) is 0.600. The number of rotatable bonds is 5. The van der Waals surface area contributed by atoms with Crippen molar-refractivity contribution in [2.75, 3.05) is 31.6 Å². The molecule has 2 aromatic rings. The molecule has 0 spiro atoms. The molecule has 0 radical (unpaired) electrons. The van der Waals surface area contributed by atoms with Crippen LogP contribution in [0, 0.1) is 30.1 Å². The topological polar surface area (TPSA) is 97.8 Å². The van der Waals surface area contributed by atoms with Gasteiger partial charge in [-0.15, -0.1) is 11.3 Å². The normalized spacial score (nSPS) is 29.8. The van der Waals surface area contributed by atoms with Crippen LogP contribution in [0.15, 0.2) is 24.4 Å². The summed E-state index contributed by atoms with van der Waals surface area (Å²) in [5, 5.41) is 3.57. The van der Waals surface area contributed by atoms with Crippen LogP contribution in [0.5, 0.6) is 5.75 Å². The Hall–Kier alpha value is -2.78. The number of nitrogens with one attached hydrogen (secondary N) is 1. The van der Waals surface area contributed by atoms with Crippen molar-refractivity contribution in [1.82, 2.24) is 9.88 Å². The van der Waals surface area contributed by atoms with E-state index in [1.54, 1.807) is 11.1 Å². The van der Waals surface area contributed by atoms with Crippen molar-refractivity contribution in [1.29, 1.82) is 0 Å². The summed E-state index contributed by atoms with van der Waals surface area (Å²) in [6, 6.07) is 6.11. The molecule has 6 rings (SSSR count). The number of thiazole rings is 1. The molecule has 1 aliphatic heterocycles. The first-order chi connectivity index (χ1) is 18.8. The number of ether oxygens (including phenoxy) is 2. The molecular weight excluding hydrogens is 514 g/mol. The molecule has 5 atom stereocenters. The van der Waals surface area contributed by atoms with Crippen LogP contribution >= 0.6 is 11.3 Å². The summed E-state index contributed by atoms with van der Waals surface area (Å²) in [7, 11) is 0. The largest absolute Gasteiger partial charge is 0.415 e. The van der Waals surface area contributed by atoms with E-state index in [0.29, 0.717) is 73.6 Å². The van der Waals surface area contributed by atoms with E-state index >= 15 is 0 Å². The van der Waals surface area contributed by atoms with Gasteiger partial charge in [-0.3, -0.25) is 9.59 Å². The summed E-state index contributed by atoms with van der Waals surface area (Å²) in [4.78, 5) is 45.6. The van der Waals surface area contributed by atoms with Gasteiger partial charge in [0.05, 0.1) is 13.2 Å². The maximum Gasteiger partial charge on any atom is 0.415 e. The molecule has 0 bridgehead atoms. The summed E-state index contributed by atoms with van der Waals surface area (Å²) in [6.07, 6.45) is 7.00. The zero-order valence-electron chi connectivity index (χ0n) is 22.7. The Morgan fingerprint density at radius 1 is 1.26 bits per heavy atom. The smallest absolute Gasteiger partial charge is 0.410 e. The highest BCUT2D eigenvalue weighted by atomic mass is 32.1. The van der Waals surface area contributed by atoms with Gasteiger partial charge in [0, 0.05) is 42.4 Å². The van der Waals surface area contributed by atoms with Gasteiger partial charge < -0.3 is 19.7 Å². The predicted molar refractivity (Wildman–Crippen MR) is 148 cm³/mol. The van der Waals surface area contributed by atoms with Gasteiger partial charge in [-0.2, -0.15) is 0 Å². The molecule has 1 saturated heterocycles. The second-order valence-electron chi connectivity index (χ2n) is 11.9. The minimum absolute atomic E-state index is 0.0223. The molecule has 9 heteroatoms. The maximum atomic E-state index is 13.3. The van der Waals surface area contributed by atoms with Gasteiger partial charge in [-0.25, -0.2) is 9.78 Å². The number of amides is 2. The van der Waals surface area contributed by atoms with Gasteiger partial charge in [0.1, 0.15) is 11.5 Å². The summed E-state index contributed by atoms with van der Waals surface area (Å²) in [6.45, 7) is 6.35. The Balaban J connectivity index is 1.15. The maximum absolute atomic E-state index is 13.3. The van der Waals surface area contributed by atoms with E-state index in [0.717, 1.165) is 37.0 Å². The SMILES string of the molecule is Cc1cnc(NC(=O)CCC2CC(=O)C3(C)CCC4c5ccc(OC(=O)N6CCOCC6)cc5CCC4C23)s1. The number of nitrogens with zero attached hydrogens (tertiary/aromatic N) is 2. The Morgan fingerprint density at radius 3 is 2.85 bits per heavy atom. The van der Waals surface area contributed by atoms with E-state index < -0.39 is 0 Å². The summed E-state index contributed by atoms with van der Waals surface area (Å²) in [5.41, 5.74) is 2.31. The number of benzene rings is 1. The number of morpholine rings is 1. The van der Waals surface area contributed by atoms with Crippen molar-refractivity contribution in [3.63, 3.8) is 0 Å². The van der Waals surface area contributed by atoms with Gasteiger partial charge in [-0.05, 0) is 86.0 Å². The fourth-order valence-corrected chi connectivity index (χ4v) is 8.45. The molecule has 3 fully saturated rings. The first-order valence-corrected chi connectivity index (χ1v) is 15.1. The highest BCUT2D eigenvalue weighted by molar-refractivity contribution is 7.15. The van der Waals surface area contributed by atoms with Gasteiger partial charge >= 0.3 is 6.09 Å². The lowest BCUT2D eigenvalue weighted by Gasteiger charge is -2.50. The number of hydrogen-bond acceptors (Lipinski definition) is 7. The number of ketones is 1. The van der Waals surface area contributed by atoms with Gasteiger partial charge in [0.15, 0.2) is 5.13 Å². The number of fused-ring (bicyclic) bond motifs is 5. The van der Waals surface area contributed by atoms with Crippen molar-refractivity contribution < 1.29 is 23.9 Å². The Morgan fingerprint density at radius 2 is 2.08 bits per heavy atom. The second kappa shape index (κ2) is 10.7. The molecule has 2 amide bonds. The monoisotopic (exact) mass is 551 g/mol. The van der Waals surface area contributed by atoms with Crippen molar-refractivity contribution >= 4 is 34.3 Å². The van der Waals surface area contributed by atoms with E-state index in [-0.39, 0.29) is 23.3 Å². The van der Waals surface area contributed by atoms with Crippen molar-refractivity contribution in [2.24, 2.45) is 23.2 Å². The molecule has 2 heterocycles. The van der Waals surface area contributed by atoms with E-state index in [9.17, 15) is 14.4 Å². The van der Waals surface area contributed by atoms with Crippen molar-refractivity contribution in [2.45, 2.75) is 64.7 Å². The van der Waals surface area contributed by atoms with Crippen molar-refractivity contribution in [3.8, 4) is 5.75 Å². The van der Waals surface area contributed by atoms with Gasteiger partial charge in [0.25, 0.3) is 0 Å². The molecule has 208 valence electrons. The standard InChI is InChI=1S/C30H37N3O5S/c1-18-17-31-28(39-18)32-26(35)8-4-20-16-25(34)30(2)10-9-23-22-7-5-21(15-19(22)3-6-24(23)27(20)30)38-29(36)33-11-13-37-14-12-33/h5,7,15,17,20,23-24,27H,3-4,6,8-14,16H2,1-2H3,(H,31,32,35). The minimum atomic E-state index is -0.318. The van der Waals surface area contributed by atoms with E-state index in [1.165, 1.54) is 22.5 Å². The van der Waals surface area contributed by atoms with Crippen molar-refractivity contribution in [3.05, 3.63) is 40.4 Å². The average molecular weight is 552 g/mol. The lowest BCUT2D eigenvalue weighted by molar-refractivity contribution is -0.129. The lowest BCUT2D eigenvalue weighted by Crippen LogP contribution is -2.44. The van der Waals surface area contributed by atoms with Gasteiger partial charge in [-0.1, -0.05) is 13.0 Å². The van der Waals surface area contributed by atoms with Crippen LogP contribution in [0.25, 0.3) is 0 Å². The third-order valence-electron chi connectivity index (χ3n) is 9.63. The molecule has 3 aliphatic carbocycles. The molecular formula is C30H37N3O5S. The molecule has 1 aromatic heterocycles. The number of aromatic nitrogens is 1. The van der Waals surface area contributed by atoms with Crippen LogP contribution in [0.4, 0.5) is 9.93 Å². The molecule has 8 nitrogen and oxygen atoms in total. The highest BCUT2D eigenvalue weighted by Gasteiger charge is 2.58. The van der Waals surface area contributed by atoms with Crippen LogP contribution in [-0.2, 0) is 20.7 Å². The third kappa shape index (κ3) is 5.11. The Kier molecular flexibility index (Phi) is 7.22. The first-order valence-electron chi connectivity index (χ1n) is 14.2. The number of aryl methyl sites for hydroxylation is 2. The third-order valence-corrected chi connectivity index (χ3v) is 10.5. The van der Waals surface area contributed by atoms with E-state index in [1.807, 2.05) is 19.1 Å². The number of carbonyl (C=O) groups is 3. The number of carbonyl (C=O) groups excluding carboxylic acids is 3. The molecule has 4 aliphatic rings. The van der Waals surface area contributed by atoms with Crippen LogP contribution in [0.1, 0.15) is 67.4 Å². The molecule has 1 N–H and O–H groups in total. The summed E-state index contributed by atoms with van der Waals surface area (Å²) < 4.78 is 11.1. The molecule has 1 aromatic carbocycles. The minimum Gasteiger partial charge on any atom is -0.410 e. The zero-order chi connectivity index (χ0) is 27.1. The molecule has 5 unspecified atom stereocenters. The van der Waals surface area contributed by atoms with Gasteiger partial charge in [0.2, 0.25) is 5.91 Å². The summed E-state index contributed by atoms with van der Waals surface area (Å²) in [5.74, 6) is 2.31. The van der Waals surface area contributed by atoms with E-state index in [2.05, 4.69) is 23.3 Å². The number of anilines is 1. The second-order valence-corrected chi connectivity index (χ2v) is 13.1. The van der Waals surface area contributed by atoms with Crippen LogP contribution in [0.2, 0.25) is 0 Å². The number of Topliss-reactive ketones (excluding diaryl/α,β-unsaturated/α-hetero) is 1. The number of hydrogen-bond donors (Lipinski definition) is 1. The average Bonchev–Trinajstić information content (AvgIpc) is 3.46. The summed E-state index contributed by atoms with van der Waals surface area (Å²) >= 11 is 1.48. The zero-order valence-corrected chi connectivity index (χ0v) is 23.6. The fourth-order valence-electron chi connectivity index (χ4n) is 7.77. The Bertz CT molecular complexity index is 1270. The molecule has 2 saturated carbocycles. The molecule has 39 heavy (non-hydrogen) atoms. The lowest BCUT2D eigenvalue weighted by atomic mass is 9.54.